The number of thiocarbonyl (C=S) groups is 1. The zero-order chi connectivity index (χ0) is 61.1. The van der Waals surface area contributed by atoms with Crippen molar-refractivity contribution in [3.05, 3.63) is 105 Å². The summed E-state index contributed by atoms with van der Waals surface area (Å²) >= 11 is 13.6. The summed E-state index contributed by atoms with van der Waals surface area (Å²) < 4.78 is 34.7. The number of non-ortho nitro benzene ring substituents is 1. The van der Waals surface area contributed by atoms with Gasteiger partial charge in [-0.1, -0.05) is 65.0 Å². The van der Waals surface area contributed by atoms with Crippen LogP contribution in [0, 0.1) is 37.8 Å². The maximum Gasteiger partial charge on any atom is 0.277 e. The molecule has 0 spiro atoms. The number of thioether (sulfide) groups is 3. The van der Waals surface area contributed by atoms with Crippen molar-refractivity contribution < 1.29 is 28.7 Å². The number of nitrogens with two attached hydrogens (primary N) is 1. The van der Waals surface area contributed by atoms with Crippen LogP contribution in [0.15, 0.2) is 68.7 Å². The van der Waals surface area contributed by atoms with E-state index >= 15 is 0 Å². The molecule has 7 N–H and O–H groups in total. The van der Waals surface area contributed by atoms with E-state index in [1.54, 1.807) is 61.2 Å². The van der Waals surface area contributed by atoms with Crippen LogP contribution in [0.4, 0.5) is 29.0 Å². The number of hydrogen-bond donors (Lipinski definition) is 7. The maximum atomic E-state index is 10.8. The average molecular weight is 1310 g/mol. The fourth-order valence-electron chi connectivity index (χ4n) is 6.34. The largest absolute Gasteiger partial charge is 0.411 e. The summed E-state index contributed by atoms with van der Waals surface area (Å²) in [5, 5.41) is 38.4. The van der Waals surface area contributed by atoms with E-state index in [-0.39, 0.29) is 41.6 Å². The molecular formula is C54H88BN18O7PS5. The number of nitrogens with zero attached hydrogens (tertiary/aromatic N) is 13. The van der Waals surface area contributed by atoms with Crippen LogP contribution in [-0.4, -0.2) is 142 Å². The predicted molar refractivity (Wildman–Crippen MR) is 368 cm³/mol. The standard InChI is InChI=1S/C18H17N7O3S2.C12H20N4O2S.C12H18N4OS.C8H13N3O.4CH4.BH4PS/c1-11-20-9-13(15(21-11)22-17-19-7-2-8-29-17)10-30-18-24-23-16(28-18)12-3-5-14(6-4-12)25(26)27;1-3-18-8-10-7-14-9(2)15-11(10)16-12(19)13-5-4-6-17;1-3-17-8-10-7-14-9(2)15-11(10)16-12-13-5-4-6-18-12;1-3-12-5-7-4-10-6(2)11-8(7)9;;;;;2-1-3/h3-6,9H,2,7-8,10H2,1H3,(H,19,20,21,22);7,17H,3-6,8H2,1-2H3,(H2,13,14,15,16,19);7H,3-6,8H2,1-2H3,(H,13,14,15,16);4H,3,5H2,1-2H3,(H2,9,10,11);4*1H4;1,3H,2H2/i;17T;;;;;;;1D. The molecule has 1 atom stereocenters. The Labute approximate surface area is 537 Å². The van der Waals surface area contributed by atoms with Gasteiger partial charge in [0.15, 0.2) is 15.4 Å². The van der Waals surface area contributed by atoms with E-state index < -0.39 is 4.92 Å². The highest BCUT2D eigenvalue weighted by Gasteiger charge is 2.16. The first-order chi connectivity index (χ1) is 40.5. The zero-order valence-electron chi connectivity index (χ0n) is 48.9. The van der Waals surface area contributed by atoms with Crippen LogP contribution in [0.1, 0.15) is 115 Å². The molecule has 5 aromatic heterocycles. The lowest BCUT2D eigenvalue weighted by Gasteiger charge is -2.15. The van der Waals surface area contributed by atoms with Gasteiger partial charge in [0, 0.05) is 128 Å². The highest BCUT2D eigenvalue weighted by Crippen LogP contribution is 2.29. The van der Waals surface area contributed by atoms with Crippen LogP contribution in [0.3, 0.4) is 0 Å². The smallest absolute Gasteiger partial charge is 0.277 e. The van der Waals surface area contributed by atoms with Gasteiger partial charge in [0.25, 0.3) is 10.9 Å². The number of nitrogen functional groups attached to an aromatic ring is 1. The van der Waals surface area contributed by atoms with Gasteiger partial charge >= 0.3 is 0 Å². The number of thiol groups is 1. The number of amidine groups is 2. The quantitative estimate of drug-likeness (QED) is 0.00514. The number of aromatic nitrogens is 10. The molecule has 0 saturated carbocycles. The number of anilines is 4. The molecule has 8 rings (SSSR count). The Kier molecular flexibility index (Phi) is 41.2. The third-order valence-electron chi connectivity index (χ3n) is 10.3. The molecule has 2 aliphatic heterocycles. The molecule has 474 valence electrons. The minimum atomic E-state index is -0.453. The first-order valence-corrected chi connectivity index (χ1v) is 30.4. The topological polar surface area (TPSA) is 332 Å². The molecular weight excluding hydrogens is 1210 g/mol. The molecule has 0 radical (unpaired) electrons. The van der Waals surface area contributed by atoms with Crippen LogP contribution in [0.25, 0.3) is 11.5 Å². The van der Waals surface area contributed by atoms with Crippen molar-refractivity contribution in [2.24, 2.45) is 9.98 Å². The number of nitro groups is 1. The highest BCUT2D eigenvalue weighted by atomic mass is 32.2. The van der Waals surface area contributed by atoms with Gasteiger partial charge in [0.05, 0.1) is 24.7 Å². The normalized spacial score (nSPS) is 12.2. The van der Waals surface area contributed by atoms with Gasteiger partial charge in [-0.15, -0.1) is 10.2 Å². The summed E-state index contributed by atoms with van der Waals surface area (Å²) in [6, 6.07) is 5.97. The number of aliphatic imine (C=N–C) groups is 2. The SMILES string of the molecule is C.C.C.C.CCOCc1cnc(C)nc1N.CCOCc1cnc(C)nc1NC1=NCCCS1.Cc1ncc(CSc2nnc(-c3ccc([N+](=O)[O-])cc3)o2)c(NC2=NCCCS2)n1.[2H]B(P)S.[3H]OCCCNC(=S)Nc1nc(C)ncc1COCC. The molecule has 6 aromatic rings. The van der Waals surface area contributed by atoms with Crippen molar-refractivity contribution in [3.63, 3.8) is 0 Å². The third-order valence-corrected chi connectivity index (χ3v) is 13.4. The third kappa shape index (κ3) is 30.7. The van der Waals surface area contributed by atoms with E-state index in [2.05, 4.69) is 108 Å². The number of aliphatic hydroxyl groups excluding tert-OH is 1. The Morgan fingerprint density at radius 1 is 0.802 bits per heavy atom. The second-order valence-corrected chi connectivity index (χ2v) is 21.4. The Bertz CT molecular complexity index is 3020. The Morgan fingerprint density at radius 2 is 1.27 bits per heavy atom. The summed E-state index contributed by atoms with van der Waals surface area (Å²) in [6.45, 7) is 19.3. The van der Waals surface area contributed by atoms with E-state index in [0.717, 1.165) is 87.5 Å². The van der Waals surface area contributed by atoms with Crippen LogP contribution in [-0.2, 0) is 39.8 Å². The summed E-state index contributed by atoms with van der Waals surface area (Å²) in [5.41, 5.74) is 9.83. The predicted octanol–water partition coefficient (Wildman–Crippen LogP) is 10.7. The Hall–Kier alpha value is -5.76. The summed E-state index contributed by atoms with van der Waals surface area (Å²) in [7, 11) is 2.19. The molecule has 0 saturated heterocycles. The van der Waals surface area contributed by atoms with Gasteiger partial charge in [-0.2, -0.15) is 9.12 Å². The molecule has 7 heterocycles. The number of aliphatic hydroxyl groups is 1. The molecule has 32 heteroatoms. The molecule has 86 heavy (non-hydrogen) atoms. The molecule has 1 unspecified atom stereocenters. The summed E-state index contributed by atoms with van der Waals surface area (Å²) in [5.74, 6) is 8.44. The molecule has 0 bridgehead atoms. The second kappa shape index (κ2) is 46.4. The number of nitro benzene ring substituents is 1. The number of hydrogen-bond acceptors (Lipinski definition) is 27. The van der Waals surface area contributed by atoms with Crippen LogP contribution < -0.4 is 27.0 Å². The van der Waals surface area contributed by atoms with E-state index in [0.29, 0.717) is 116 Å². The first-order valence-electron chi connectivity index (χ1n) is 26.9. The average Bonchev–Trinajstić information content (AvgIpc) is 4.08. The molecule has 0 aliphatic carbocycles. The van der Waals surface area contributed by atoms with Gasteiger partial charge < -0.3 is 50.7 Å². The van der Waals surface area contributed by atoms with E-state index in [1.165, 1.54) is 23.9 Å². The van der Waals surface area contributed by atoms with Crippen molar-refractivity contribution in [1.29, 1.82) is 2.77 Å². The number of aryl methyl sites for hydroxylation is 4. The maximum absolute atomic E-state index is 10.8. The second-order valence-electron chi connectivity index (χ2n) is 16.7. The van der Waals surface area contributed by atoms with Crippen LogP contribution in [0.5, 0.6) is 0 Å². The fraction of sp³-hybridized carbons (Fsp3) is 0.500. The van der Waals surface area contributed by atoms with E-state index in [1.807, 2.05) is 47.7 Å². The van der Waals surface area contributed by atoms with Crippen molar-refractivity contribution in [1.82, 2.24) is 55.4 Å². The Morgan fingerprint density at radius 3 is 1.74 bits per heavy atom. The zero-order valence-corrected chi connectivity index (χ0v) is 52.2. The first kappa shape index (κ1) is 76.3. The van der Waals surface area contributed by atoms with E-state index in [4.69, 9.17) is 39.3 Å². The highest BCUT2D eigenvalue weighted by molar-refractivity contribution is 8.20. The lowest BCUT2D eigenvalue weighted by Crippen LogP contribution is -2.30. The van der Waals surface area contributed by atoms with Gasteiger partial charge in [0.2, 0.25) is 13.6 Å². The van der Waals surface area contributed by atoms with Crippen molar-refractivity contribution in [3.8, 4) is 11.5 Å². The van der Waals surface area contributed by atoms with Gasteiger partial charge in [-0.05, 0) is 93.4 Å². The number of rotatable bonds is 21. The van der Waals surface area contributed by atoms with Crippen molar-refractivity contribution >= 4 is 120 Å². The van der Waals surface area contributed by atoms with Crippen molar-refractivity contribution in [2.45, 2.75) is 128 Å². The fourth-order valence-corrected chi connectivity index (χ4v) is 8.90. The van der Waals surface area contributed by atoms with Crippen molar-refractivity contribution in [2.75, 3.05) is 79.3 Å². The molecule has 1 aromatic carbocycles. The molecule has 25 nitrogen and oxygen atoms in total. The van der Waals surface area contributed by atoms with Gasteiger partial charge in [-0.3, -0.25) is 20.1 Å². The summed E-state index contributed by atoms with van der Waals surface area (Å²) in [6.07, 6.45) is 9.65. The minimum absolute atomic E-state index is 0. The van der Waals surface area contributed by atoms with Gasteiger partial charge in [0.1, 0.15) is 46.6 Å². The molecule has 0 amide bonds. The van der Waals surface area contributed by atoms with E-state index in [9.17, 15) is 10.1 Å². The van der Waals surface area contributed by atoms with Crippen LogP contribution in [0.2, 0.25) is 0 Å². The van der Waals surface area contributed by atoms with Crippen LogP contribution >= 0.6 is 69.1 Å². The number of benzene rings is 1. The van der Waals surface area contributed by atoms with Gasteiger partial charge in [-0.25, -0.2) is 52.4 Å². The number of nitrogens with one attached hydrogen (secondary N) is 4. The number of ether oxygens (including phenoxy) is 3. The monoisotopic (exact) mass is 1310 g/mol. The lowest BCUT2D eigenvalue weighted by molar-refractivity contribution is -0.384. The minimum Gasteiger partial charge on any atom is -0.411 e. The molecule has 2 aliphatic rings. The Balaban J connectivity index is 0.00000116. The molecule has 0 fully saturated rings. The lowest BCUT2D eigenvalue weighted by atomic mass is 10.2. The summed E-state index contributed by atoms with van der Waals surface area (Å²) in [4.78, 5) is 53.2.